The van der Waals surface area contributed by atoms with E-state index < -0.39 is 123 Å². The maximum Gasteiger partial charge on any atom is 0.222 e. The fourth-order valence-electron chi connectivity index (χ4n) is 14.0. The van der Waals surface area contributed by atoms with Crippen LogP contribution in [-0.2, 0) is 85.7 Å². The lowest BCUT2D eigenvalue weighted by molar-refractivity contribution is -0.282. The van der Waals surface area contributed by atoms with Crippen molar-refractivity contribution in [2.45, 2.75) is 344 Å². The van der Waals surface area contributed by atoms with Crippen molar-refractivity contribution in [3.63, 3.8) is 0 Å². The SMILES string of the molecule is CC1C(OCCCCC(=O)CCCCCC(=O)CCOCC(COCCC(=O)CCCCCC(=O)CCCCOC2OC(CO)C(O)C(O)C2C)(COCCC(=O)NCCCNC(=O)CCCCOC2OC(CO)C(O)C(O)C2C)NC(=O)CCCCCCCCC(=O)N2C[C@H](O)C[C@H]2COC(C)(C)C)OC(CO)C(O)C1O. The molecule has 4 aliphatic rings. The Hall–Kier alpha value is -4.24. The van der Waals surface area contributed by atoms with Gasteiger partial charge >= 0.3 is 0 Å². The number of amides is 4. The van der Waals surface area contributed by atoms with Crippen LogP contribution in [0.5, 0.6) is 0 Å². The molecule has 656 valence electrons. The summed E-state index contributed by atoms with van der Waals surface area (Å²) < 4.78 is 58.6. The van der Waals surface area contributed by atoms with Crippen LogP contribution in [-0.4, -0.2) is 305 Å². The van der Waals surface area contributed by atoms with Crippen LogP contribution in [0.4, 0.5) is 0 Å². The van der Waals surface area contributed by atoms with Crippen molar-refractivity contribution in [1.29, 1.82) is 0 Å². The molecule has 32 heteroatoms. The second-order valence-electron chi connectivity index (χ2n) is 32.4. The molecule has 4 fully saturated rings. The second-order valence-corrected chi connectivity index (χ2v) is 32.4. The number of β-amino-alcohol motifs (C(OH)–C–C–N with tert-alkyl or cyclic N) is 1. The third-order valence-electron chi connectivity index (χ3n) is 21.3. The maximum absolute atomic E-state index is 14.1. The summed E-state index contributed by atoms with van der Waals surface area (Å²) in [6, 6.07) is -0.175. The van der Waals surface area contributed by atoms with Crippen LogP contribution in [0.3, 0.4) is 0 Å². The summed E-state index contributed by atoms with van der Waals surface area (Å²) in [5.74, 6) is -2.32. The maximum atomic E-state index is 14.1. The van der Waals surface area contributed by atoms with Gasteiger partial charge < -0.3 is 119 Å². The van der Waals surface area contributed by atoms with Crippen molar-refractivity contribution < 1.29 is 137 Å². The van der Waals surface area contributed by atoms with Gasteiger partial charge in [-0.1, -0.05) is 59.3 Å². The summed E-state index contributed by atoms with van der Waals surface area (Å²) in [5.41, 5.74) is -1.72. The highest BCUT2D eigenvalue weighted by atomic mass is 16.7. The van der Waals surface area contributed by atoms with Gasteiger partial charge in [0.05, 0.1) is 102 Å². The van der Waals surface area contributed by atoms with E-state index in [0.29, 0.717) is 155 Å². The molecule has 0 aromatic carbocycles. The van der Waals surface area contributed by atoms with Crippen LogP contribution in [0.25, 0.3) is 0 Å². The summed E-state index contributed by atoms with van der Waals surface area (Å²) in [5, 5.41) is 109. The molecule has 17 atom stereocenters. The summed E-state index contributed by atoms with van der Waals surface area (Å²) in [4.78, 5) is 107. The third-order valence-corrected chi connectivity index (χ3v) is 21.3. The average molecular weight is 1620 g/mol. The number of hydrogen-bond donors (Lipinski definition) is 13. The Morgan fingerprint density at radius 1 is 0.389 bits per heavy atom. The van der Waals surface area contributed by atoms with Gasteiger partial charge in [-0.15, -0.1) is 0 Å². The van der Waals surface area contributed by atoms with Crippen molar-refractivity contribution in [2.75, 3.05) is 106 Å². The van der Waals surface area contributed by atoms with Crippen molar-refractivity contribution in [2.24, 2.45) is 17.8 Å². The van der Waals surface area contributed by atoms with Crippen molar-refractivity contribution in [1.82, 2.24) is 20.9 Å². The van der Waals surface area contributed by atoms with Crippen LogP contribution in [0.1, 0.15) is 247 Å². The van der Waals surface area contributed by atoms with Gasteiger partial charge in [-0.25, -0.2) is 0 Å². The lowest BCUT2D eigenvalue weighted by Crippen LogP contribution is -2.58. The average Bonchev–Trinajstić information content (AvgIpc) is 1.53. The summed E-state index contributed by atoms with van der Waals surface area (Å²) >= 11 is 0. The lowest BCUT2D eigenvalue weighted by Gasteiger charge is -2.40. The molecule has 15 unspecified atom stereocenters. The Balaban J connectivity index is 1.28. The normalized spacial score (nSPS) is 26.6. The zero-order valence-electron chi connectivity index (χ0n) is 68.5. The molecule has 4 rings (SSSR count). The lowest BCUT2D eigenvalue weighted by atomic mass is 9.92. The first-order valence-corrected chi connectivity index (χ1v) is 42.0. The highest BCUT2D eigenvalue weighted by Crippen LogP contribution is 2.31. The summed E-state index contributed by atoms with van der Waals surface area (Å²) in [6.07, 6.45) is 2.15. The van der Waals surface area contributed by atoms with E-state index in [2.05, 4.69) is 16.0 Å². The molecular weight excluding hydrogens is 1480 g/mol. The van der Waals surface area contributed by atoms with Crippen LogP contribution < -0.4 is 16.0 Å². The topological polar surface area (TPSA) is 470 Å². The molecule has 0 aromatic heterocycles. The second kappa shape index (κ2) is 57.0. The van der Waals surface area contributed by atoms with Gasteiger partial charge in [0, 0.05) is 134 Å². The Bertz CT molecular complexity index is 2460. The van der Waals surface area contributed by atoms with E-state index in [4.69, 9.17) is 47.4 Å². The summed E-state index contributed by atoms with van der Waals surface area (Å²) in [7, 11) is 0. The van der Waals surface area contributed by atoms with E-state index in [9.17, 15) is 89.4 Å². The highest BCUT2D eigenvalue weighted by Gasteiger charge is 2.45. The number of aliphatic hydroxyl groups is 10. The molecule has 0 aliphatic carbocycles. The molecule has 4 saturated heterocycles. The van der Waals surface area contributed by atoms with E-state index in [1.165, 1.54) is 0 Å². The number of aliphatic hydroxyl groups excluding tert-OH is 10. The van der Waals surface area contributed by atoms with Gasteiger partial charge in [0.1, 0.15) is 65.3 Å². The monoisotopic (exact) mass is 1620 g/mol. The number of carbonyl (C=O) groups is 8. The van der Waals surface area contributed by atoms with Crippen LogP contribution in [0.2, 0.25) is 0 Å². The fraction of sp³-hybridized carbons (Fsp3) is 0.901. The summed E-state index contributed by atoms with van der Waals surface area (Å²) in [6.45, 7) is 10.9. The Morgan fingerprint density at radius 2 is 0.717 bits per heavy atom. The molecule has 0 saturated carbocycles. The smallest absolute Gasteiger partial charge is 0.222 e. The van der Waals surface area contributed by atoms with E-state index in [1.54, 1.807) is 25.7 Å². The Morgan fingerprint density at radius 3 is 1.12 bits per heavy atom. The van der Waals surface area contributed by atoms with Gasteiger partial charge in [-0.2, -0.15) is 0 Å². The van der Waals surface area contributed by atoms with Gasteiger partial charge in [0.2, 0.25) is 23.6 Å². The van der Waals surface area contributed by atoms with E-state index in [1.807, 2.05) is 20.8 Å². The molecule has 0 spiro atoms. The number of hydrogen-bond acceptors (Lipinski definition) is 28. The Labute approximate surface area is 669 Å². The van der Waals surface area contributed by atoms with Gasteiger partial charge in [-0.05, 0) is 111 Å². The van der Waals surface area contributed by atoms with E-state index in [0.717, 1.165) is 25.7 Å². The molecule has 0 bridgehead atoms. The number of likely N-dealkylation sites (tertiary alicyclic amines) is 1. The number of carbonyl (C=O) groups excluding carboxylic acids is 8. The predicted molar refractivity (Wildman–Crippen MR) is 413 cm³/mol. The number of nitrogens with one attached hydrogen (secondary N) is 3. The minimum absolute atomic E-state index is 0.00508. The van der Waals surface area contributed by atoms with Crippen LogP contribution in [0, 0.1) is 17.8 Å². The molecule has 13 N–H and O–H groups in total. The number of nitrogens with zero attached hydrogens (tertiary/aromatic N) is 1. The molecule has 4 amide bonds. The first kappa shape index (κ1) is 101. The predicted octanol–water partition coefficient (Wildman–Crippen LogP) is 3.55. The number of ketones is 4. The first-order valence-electron chi connectivity index (χ1n) is 42.0. The number of Topliss-reactive ketones (excluding diaryl/α,β-unsaturated/α-hetero) is 4. The molecule has 32 nitrogen and oxygen atoms in total. The number of ether oxygens (including phenoxy) is 10. The number of rotatable bonds is 64. The first-order chi connectivity index (χ1) is 54.0. The quantitative estimate of drug-likeness (QED) is 0.0387. The van der Waals surface area contributed by atoms with E-state index >= 15 is 0 Å². The molecule has 4 heterocycles. The zero-order valence-corrected chi connectivity index (χ0v) is 68.5. The van der Waals surface area contributed by atoms with Gasteiger partial charge in [0.25, 0.3) is 0 Å². The van der Waals surface area contributed by atoms with E-state index in [-0.39, 0.29) is 169 Å². The Kier molecular flexibility index (Phi) is 51.0. The molecule has 0 radical (unpaired) electrons. The van der Waals surface area contributed by atoms with Gasteiger partial charge in [0.15, 0.2) is 18.9 Å². The molecule has 4 aliphatic heterocycles. The molecule has 113 heavy (non-hydrogen) atoms. The fourth-order valence-corrected chi connectivity index (χ4v) is 14.0. The highest BCUT2D eigenvalue weighted by molar-refractivity contribution is 5.80. The molecular formula is C81H144N4O28. The standard InChI is InChI=1S/C81H144N4O28/c1-55-71(98)74(101)64(48-86)111-77(55)107-40-22-19-30-59(89)26-13-11-15-28-61(91)35-43-104-52-81(84-69(96)33-17-9-7-8-10-18-34-70(97)85-47-63(93)46-58(85)51-110-80(4,5)6,53-105-44-36-62(92)29-16-12-14-27-60(90)31-20-23-41-108-78-56(2)72(99)75(102)65(49-87)112-78)54-106-45-37-68(95)83-39-25-38-82-67(94)32-21-24-42-109-79-57(3)73(100)76(103)66(50-88)113-79/h55-58,63-66,71-79,86-88,93,98-103H,7-54H2,1-6H3,(H,82,94)(H,83,95)(H,84,96)/t55?,56?,57?,58-,63+,64?,65?,66?,71?,72?,73?,74?,75?,76?,77?,78?,79?,81?/m0/s1. The van der Waals surface area contributed by atoms with Crippen molar-refractivity contribution >= 4 is 46.8 Å². The van der Waals surface area contributed by atoms with Crippen molar-refractivity contribution in [3.8, 4) is 0 Å². The van der Waals surface area contributed by atoms with Gasteiger partial charge in [-0.3, -0.25) is 38.4 Å². The van der Waals surface area contributed by atoms with Crippen LogP contribution in [0.15, 0.2) is 0 Å². The minimum Gasteiger partial charge on any atom is -0.394 e. The minimum atomic E-state index is -1.35. The third kappa shape index (κ3) is 40.9. The van der Waals surface area contributed by atoms with Crippen molar-refractivity contribution in [3.05, 3.63) is 0 Å². The van der Waals surface area contributed by atoms with Crippen LogP contribution >= 0.6 is 0 Å². The molecule has 0 aromatic rings. The number of unbranched alkanes of at least 4 members (excludes halogenated alkanes) is 12. The zero-order chi connectivity index (χ0) is 83.1. The largest absolute Gasteiger partial charge is 0.394 e.